The van der Waals surface area contributed by atoms with Gasteiger partial charge in [0.05, 0.1) is 0 Å². The van der Waals surface area contributed by atoms with Crippen molar-refractivity contribution in [1.29, 1.82) is 0 Å². The zero-order chi connectivity index (χ0) is 16.8. The van der Waals surface area contributed by atoms with E-state index in [9.17, 15) is 0 Å². The van der Waals surface area contributed by atoms with Crippen LogP contribution in [0.3, 0.4) is 0 Å². The molecule has 0 unspecified atom stereocenters. The minimum absolute atomic E-state index is 0.589. The maximum absolute atomic E-state index is 5.33. The van der Waals surface area contributed by atoms with E-state index >= 15 is 0 Å². The highest BCUT2D eigenvalue weighted by Gasteiger charge is 2.10. The first kappa shape index (κ1) is 16.7. The number of nitrogens with one attached hydrogen (secondary N) is 2. The number of benzene rings is 1. The average molecular weight is 340 g/mol. The smallest absolute Gasteiger partial charge is 0.172 e. The second-order valence-corrected chi connectivity index (χ2v) is 6.65. The zero-order valence-electron chi connectivity index (χ0n) is 14.1. The first-order valence-corrected chi connectivity index (χ1v) is 8.93. The summed E-state index contributed by atoms with van der Waals surface area (Å²) in [6, 6.07) is 12.7. The van der Waals surface area contributed by atoms with E-state index in [1.54, 1.807) is 0 Å². The van der Waals surface area contributed by atoms with Crippen molar-refractivity contribution in [1.82, 2.24) is 10.3 Å². The minimum Gasteiger partial charge on any atom is -0.372 e. The number of piperidine rings is 1. The molecule has 2 aromatic rings. The number of nitrogens with zero attached hydrogens (tertiary/aromatic N) is 2. The van der Waals surface area contributed by atoms with Crippen LogP contribution < -0.4 is 15.5 Å². The fourth-order valence-corrected chi connectivity index (χ4v) is 3.04. The Labute approximate surface area is 149 Å². The molecule has 2 N–H and O–H groups in total. The van der Waals surface area contributed by atoms with Gasteiger partial charge in [0.2, 0.25) is 0 Å². The molecule has 0 saturated carbocycles. The molecule has 0 radical (unpaired) electrons. The third-order valence-corrected chi connectivity index (χ3v) is 4.51. The van der Waals surface area contributed by atoms with Crippen LogP contribution >= 0.6 is 12.2 Å². The standard InChI is InChI=1S/C19H24N4S/c1-15-5-10-18(20-13-15)22-19(24)21-14-16-6-8-17(9-7-16)23-11-3-2-4-12-23/h5-10,13H,2-4,11-12,14H2,1H3,(H2,20,21,22,24). The number of aryl methyl sites for hydroxylation is 1. The normalized spacial score (nSPS) is 14.3. The van der Waals surface area contributed by atoms with Gasteiger partial charge >= 0.3 is 0 Å². The van der Waals surface area contributed by atoms with E-state index < -0.39 is 0 Å². The topological polar surface area (TPSA) is 40.2 Å². The van der Waals surface area contributed by atoms with E-state index in [0.29, 0.717) is 11.7 Å². The molecule has 1 aliphatic rings. The lowest BCUT2D eigenvalue weighted by Gasteiger charge is -2.28. The van der Waals surface area contributed by atoms with E-state index in [2.05, 4.69) is 44.8 Å². The summed E-state index contributed by atoms with van der Waals surface area (Å²) >= 11 is 5.33. The van der Waals surface area contributed by atoms with Gasteiger partial charge in [0.15, 0.2) is 5.11 Å². The van der Waals surface area contributed by atoms with Crippen molar-refractivity contribution in [2.75, 3.05) is 23.3 Å². The fraction of sp³-hybridized carbons (Fsp3) is 0.368. The van der Waals surface area contributed by atoms with Gasteiger partial charge in [-0.15, -0.1) is 0 Å². The molecule has 1 aliphatic heterocycles. The van der Waals surface area contributed by atoms with Crippen LogP contribution in [0.5, 0.6) is 0 Å². The van der Waals surface area contributed by atoms with Gasteiger partial charge in [-0.05, 0) is 67.7 Å². The zero-order valence-corrected chi connectivity index (χ0v) is 14.9. The molecule has 0 atom stereocenters. The Kier molecular flexibility index (Phi) is 5.64. The quantitative estimate of drug-likeness (QED) is 0.827. The molecule has 0 amide bonds. The molecule has 2 heterocycles. The largest absolute Gasteiger partial charge is 0.372 e. The highest BCUT2D eigenvalue weighted by Crippen LogP contribution is 2.20. The van der Waals surface area contributed by atoms with Crippen molar-refractivity contribution < 1.29 is 0 Å². The Hall–Kier alpha value is -2.14. The van der Waals surface area contributed by atoms with Crippen LogP contribution in [0.25, 0.3) is 0 Å². The summed E-state index contributed by atoms with van der Waals surface area (Å²) in [6.07, 6.45) is 5.79. The van der Waals surface area contributed by atoms with Crippen molar-refractivity contribution in [3.63, 3.8) is 0 Å². The number of anilines is 2. The number of hydrogen-bond donors (Lipinski definition) is 2. The second kappa shape index (κ2) is 8.11. The summed E-state index contributed by atoms with van der Waals surface area (Å²) in [4.78, 5) is 6.76. The molecule has 0 bridgehead atoms. The van der Waals surface area contributed by atoms with Crippen molar-refractivity contribution in [3.05, 3.63) is 53.7 Å². The van der Waals surface area contributed by atoms with Crippen LogP contribution in [0.15, 0.2) is 42.6 Å². The maximum Gasteiger partial charge on any atom is 0.172 e. The molecule has 5 heteroatoms. The van der Waals surface area contributed by atoms with Gasteiger partial charge in [0.25, 0.3) is 0 Å². The van der Waals surface area contributed by atoms with Crippen LogP contribution in [0, 0.1) is 6.92 Å². The molecule has 1 saturated heterocycles. The highest BCUT2D eigenvalue weighted by atomic mass is 32.1. The van der Waals surface area contributed by atoms with Crippen LogP contribution in [-0.2, 0) is 6.54 Å². The van der Waals surface area contributed by atoms with Crippen molar-refractivity contribution in [3.8, 4) is 0 Å². The second-order valence-electron chi connectivity index (χ2n) is 6.24. The number of pyridine rings is 1. The number of hydrogen-bond acceptors (Lipinski definition) is 3. The SMILES string of the molecule is Cc1ccc(NC(=S)NCc2ccc(N3CCCCC3)cc2)nc1. The molecule has 1 fully saturated rings. The van der Waals surface area contributed by atoms with Crippen LogP contribution in [0.1, 0.15) is 30.4 Å². The highest BCUT2D eigenvalue weighted by molar-refractivity contribution is 7.80. The van der Waals surface area contributed by atoms with Crippen LogP contribution in [0.4, 0.5) is 11.5 Å². The lowest BCUT2D eigenvalue weighted by Crippen LogP contribution is -2.29. The first-order valence-electron chi connectivity index (χ1n) is 8.52. The Morgan fingerprint density at radius 3 is 2.50 bits per heavy atom. The summed E-state index contributed by atoms with van der Waals surface area (Å²) in [7, 11) is 0. The molecular formula is C19H24N4S. The van der Waals surface area contributed by atoms with Gasteiger partial charge in [-0.3, -0.25) is 0 Å². The molecule has 1 aromatic carbocycles. The van der Waals surface area contributed by atoms with E-state index in [0.717, 1.165) is 11.4 Å². The van der Waals surface area contributed by atoms with Gasteiger partial charge in [0.1, 0.15) is 5.82 Å². The van der Waals surface area contributed by atoms with Crippen molar-refractivity contribution in [2.45, 2.75) is 32.7 Å². The lowest BCUT2D eigenvalue weighted by atomic mass is 10.1. The van der Waals surface area contributed by atoms with E-state index in [1.165, 1.54) is 43.6 Å². The van der Waals surface area contributed by atoms with E-state index in [1.807, 2.05) is 25.3 Å². The average Bonchev–Trinajstić information content (AvgIpc) is 2.63. The first-order chi connectivity index (χ1) is 11.7. The lowest BCUT2D eigenvalue weighted by molar-refractivity contribution is 0.578. The Morgan fingerprint density at radius 2 is 1.83 bits per heavy atom. The number of thiocarbonyl (C=S) groups is 1. The third kappa shape index (κ3) is 4.68. The molecule has 0 aliphatic carbocycles. The molecule has 24 heavy (non-hydrogen) atoms. The molecule has 1 aromatic heterocycles. The Morgan fingerprint density at radius 1 is 1.08 bits per heavy atom. The van der Waals surface area contributed by atoms with Crippen molar-refractivity contribution in [2.24, 2.45) is 0 Å². The Bertz CT molecular complexity index is 661. The fourth-order valence-electron chi connectivity index (χ4n) is 2.86. The van der Waals surface area contributed by atoms with Crippen molar-refractivity contribution >= 4 is 28.8 Å². The number of rotatable bonds is 4. The predicted octanol–water partition coefficient (Wildman–Crippen LogP) is 3.87. The predicted molar refractivity (Wildman–Crippen MR) is 105 cm³/mol. The molecular weight excluding hydrogens is 316 g/mol. The minimum atomic E-state index is 0.589. The van der Waals surface area contributed by atoms with Gasteiger partial charge in [-0.1, -0.05) is 18.2 Å². The van der Waals surface area contributed by atoms with Gasteiger partial charge in [-0.25, -0.2) is 4.98 Å². The number of aromatic nitrogens is 1. The molecule has 0 spiro atoms. The molecule has 4 nitrogen and oxygen atoms in total. The monoisotopic (exact) mass is 340 g/mol. The summed E-state index contributed by atoms with van der Waals surface area (Å²) in [6.45, 7) is 5.07. The molecule has 126 valence electrons. The summed E-state index contributed by atoms with van der Waals surface area (Å²) in [5.41, 5.74) is 3.67. The van der Waals surface area contributed by atoms with Gasteiger partial charge in [0, 0.05) is 31.5 Å². The van der Waals surface area contributed by atoms with Crippen LogP contribution in [-0.4, -0.2) is 23.2 Å². The Balaban J connectivity index is 1.49. The third-order valence-electron chi connectivity index (χ3n) is 4.26. The van der Waals surface area contributed by atoms with Gasteiger partial charge in [-0.2, -0.15) is 0 Å². The maximum atomic E-state index is 5.33. The molecule has 3 rings (SSSR count). The van der Waals surface area contributed by atoms with E-state index in [-0.39, 0.29) is 0 Å². The van der Waals surface area contributed by atoms with Crippen LogP contribution in [0.2, 0.25) is 0 Å². The van der Waals surface area contributed by atoms with E-state index in [4.69, 9.17) is 12.2 Å². The summed E-state index contributed by atoms with van der Waals surface area (Å²) in [5.74, 6) is 0.763. The summed E-state index contributed by atoms with van der Waals surface area (Å²) in [5, 5.41) is 6.92. The summed E-state index contributed by atoms with van der Waals surface area (Å²) < 4.78 is 0. The van der Waals surface area contributed by atoms with Gasteiger partial charge < -0.3 is 15.5 Å².